The average Bonchev–Trinajstić information content (AvgIpc) is 1.76. The number of aliphatic carboxylic acids is 4. The Morgan fingerprint density at radius 1 is 0.556 bits per heavy atom. The van der Waals surface area contributed by atoms with E-state index in [1.54, 1.807) is 0 Å². The van der Waals surface area contributed by atoms with Gasteiger partial charge in [0.1, 0.15) is 0 Å². The van der Waals surface area contributed by atoms with Gasteiger partial charge in [-0.1, -0.05) is 0 Å². The monoisotopic (exact) mass is 484 g/mol. The molecule has 0 aliphatic rings. The smallest absolute Gasteiger partial charge is 0.550 e. The molecule has 2 radical (unpaired) electrons. The van der Waals surface area contributed by atoms with Gasteiger partial charge in [0.15, 0.2) is 0 Å². The van der Waals surface area contributed by atoms with E-state index in [0.717, 1.165) is 27.7 Å². The maximum Gasteiger partial charge on any atom is 2.00 e. The molecule has 0 heterocycles. The van der Waals surface area contributed by atoms with Gasteiger partial charge in [0, 0.05) is 23.9 Å². The standard InChI is InChI=1S/4C2H4O2.Ca.Pb/c4*1-2(3)4;;/h4*1H3,(H,3,4);;/q;;;;2*+2/p-4. The fraction of sp³-hybridized carbons (Fsp3) is 0.500. The Morgan fingerprint density at radius 3 is 0.556 bits per heavy atom. The van der Waals surface area contributed by atoms with Gasteiger partial charge in [-0.2, -0.15) is 0 Å². The van der Waals surface area contributed by atoms with Crippen molar-refractivity contribution in [2.24, 2.45) is 0 Å². The molecule has 0 aromatic carbocycles. The first-order valence-electron chi connectivity index (χ1n) is 3.63. The third-order valence-electron chi connectivity index (χ3n) is 0. The second-order valence-electron chi connectivity index (χ2n) is 1.97. The summed E-state index contributed by atoms with van der Waals surface area (Å²) in [4.78, 5) is 35.6. The summed E-state index contributed by atoms with van der Waals surface area (Å²) in [7, 11) is 0. The van der Waals surface area contributed by atoms with Gasteiger partial charge in [0.2, 0.25) is 0 Å². The normalized spacial score (nSPS) is 5.56. The van der Waals surface area contributed by atoms with Crippen LogP contribution in [0, 0.1) is 0 Å². The molecule has 0 saturated heterocycles. The van der Waals surface area contributed by atoms with Crippen LogP contribution in [-0.2, 0) is 19.2 Å². The van der Waals surface area contributed by atoms with Crippen LogP contribution in [-0.4, -0.2) is 88.9 Å². The van der Waals surface area contributed by atoms with Crippen molar-refractivity contribution < 1.29 is 39.6 Å². The summed E-state index contributed by atoms with van der Waals surface area (Å²) in [5.41, 5.74) is 0. The molecule has 0 N–H and O–H groups in total. The van der Waals surface area contributed by atoms with E-state index in [2.05, 4.69) is 0 Å². The summed E-state index contributed by atoms with van der Waals surface area (Å²) in [6.07, 6.45) is 0. The minimum Gasteiger partial charge on any atom is -0.550 e. The predicted octanol–water partition coefficient (Wildman–Crippen LogP) is -5.74. The molecule has 0 amide bonds. The van der Waals surface area contributed by atoms with Gasteiger partial charge in [-0.15, -0.1) is 0 Å². The van der Waals surface area contributed by atoms with E-state index in [1.165, 1.54) is 0 Å². The fourth-order valence-electron chi connectivity index (χ4n) is 0. The van der Waals surface area contributed by atoms with Crippen LogP contribution in [0.2, 0.25) is 0 Å². The molecule has 0 aliphatic carbocycles. The molecule has 8 nitrogen and oxygen atoms in total. The predicted molar refractivity (Wildman–Crippen MR) is 54.2 cm³/mol. The van der Waals surface area contributed by atoms with Crippen LogP contribution in [0.3, 0.4) is 0 Å². The SMILES string of the molecule is CC(=O)[O-].CC(=O)[O-].CC(=O)[O-].CC(=O)[O-].[Ca+2].[Pb+2]. The maximum atomic E-state index is 8.89. The number of hydrogen-bond donors (Lipinski definition) is 0. The summed E-state index contributed by atoms with van der Waals surface area (Å²) in [6.45, 7) is 3.89. The van der Waals surface area contributed by atoms with Crippen molar-refractivity contribution in [2.75, 3.05) is 0 Å². The summed E-state index contributed by atoms with van der Waals surface area (Å²) in [5, 5.41) is 35.6. The van der Waals surface area contributed by atoms with Crippen LogP contribution in [0.5, 0.6) is 0 Å². The van der Waals surface area contributed by atoms with E-state index in [4.69, 9.17) is 39.6 Å². The first kappa shape index (κ1) is 36.1. The quantitative estimate of drug-likeness (QED) is 0.308. The number of hydrogen-bond acceptors (Lipinski definition) is 8. The first-order valence-corrected chi connectivity index (χ1v) is 3.63. The van der Waals surface area contributed by atoms with Crippen molar-refractivity contribution in [2.45, 2.75) is 27.7 Å². The molecule has 18 heavy (non-hydrogen) atoms. The minimum absolute atomic E-state index is 0. The number of carboxylic acids is 4. The zero-order valence-electron chi connectivity index (χ0n) is 10.5. The molecule has 0 aromatic heterocycles. The Hall–Kier alpha value is 0.0618. The van der Waals surface area contributed by atoms with Gasteiger partial charge in [-0.3, -0.25) is 0 Å². The second-order valence-corrected chi connectivity index (χ2v) is 1.97. The molecule has 0 atom stereocenters. The van der Waals surface area contributed by atoms with Crippen LogP contribution in [0.15, 0.2) is 0 Å². The Balaban J connectivity index is -0.0000000257. The van der Waals surface area contributed by atoms with E-state index in [0.29, 0.717) is 0 Å². The molecule has 0 aromatic rings. The van der Waals surface area contributed by atoms with Crippen molar-refractivity contribution in [3.8, 4) is 0 Å². The maximum absolute atomic E-state index is 8.89. The summed E-state index contributed by atoms with van der Waals surface area (Å²) in [6, 6.07) is 0. The number of carboxylic acid groups (broad SMARTS) is 4. The third kappa shape index (κ3) is 953000. The van der Waals surface area contributed by atoms with Gasteiger partial charge in [0.25, 0.3) is 0 Å². The van der Waals surface area contributed by atoms with Crippen LogP contribution >= 0.6 is 0 Å². The van der Waals surface area contributed by atoms with Crippen LogP contribution in [0.1, 0.15) is 27.7 Å². The summed E-state index contributed by atoms with van der Waals surface area (Å²) in [5.74, 6) is -4.33. The van der Waals surface area contributed by atoms with Crippen molar-refractivity contribution in [3.05, 3.63) is 0 Å². The van der Waals surface area contributed by atoms with Gasteiger partial charge < -0.3 is 39.6 Å². The molecular weight excluding hydrogens is 471 g/mol. The van der Waals surface area contributed by atoms with Crippen molar-refractivity contribution in [1.29, 1.82) is 0 Å². The minimum atomic E-state index is -1.08. The average molecular weight is 483 g/mol. The molecule has 0 unspecified atom stereocenters. The van der Waals surface area contributed by atoms with Crippen molar-refractivity contribution >= 4 is 88.9 Å². The van der Waals surface area contributed by atoms with E-state index < -0.39 is 23.9 Å². The van der Waals surface area contributed by atoms with Crippen molar-refractivity contribution in [1.82, 2.24) is 0 Å². The number of carbonyl (C=O) groups excluding carboxylic acids is 4. The molecule has 0 rings (SSSR count). The Morgan fingerprint density at radius 2 is 0.556 bits per heavy atom. The van der Waals surface area contributed by atoms with Gasteiger partial charge in [0.05, 0.1) is 0 Å². The summed E-state index contributed by atoms with van der Waals surface area (Å²) < 4.78 is 0. The van der Waals surface area contributed by atoms with Gasteiger partial charge >= 0.3 is 65.0 Å². The molecule has 0 aliphatic heterocycles. The Kier molecular flexibility index (Phi) is 60.7. The largest absolute Gasteiger partial charge is 2.00 e. The fourth-order valence-corrected chi connectivity index (χ4v) is 0. The Labute approximate surface area is 155 Å². The number of rotatable bonds is 0. The van der Waals surface area contributed by atoms with E-state index in [9.17, 15) is 0 Å². The van der Waals surface area contributed by atoms with Crippen LogP contribution in [0.25, 0.3) is 0 Å². The molecule has 10 heteroatoms. The first-order chi connectivity index (χ1) is 6.93. The Bertz CT molecular complexity index is 167. The summed E-state index contributed by atoms with van der Waals surface area (Å²) >= 11 is 0. The van der Waals surface area contributed by atoms with Crippen LogP contribution < -0.4 is 20.4 Å². The van der Waals surface area contributed by atoms with Crippen molar-refractivity contribution in [3.63, 3.8) is 0 Å². The molecule has 0 spiro atoms. The van der Waals surface area contributed by atoms with Gasteiger partial charge in [-0.25, -0.2) is 0 Å². The second kappa shape index (κ2) is 30.3. The van der Waals surface area contributed by atoms with E-state index in [-0.39, 0.29) is 65.0 Å². The van der Waals surface area contributed by atoms with E-state index >= 15 is 0 Å². The molecular formula is C8H12CaO8Pb. The van der Waals surface area contributed by atoms with Crippen LogP contribution in [0.4, 0.5) is 0 Å². The van der Waals surface area contributed by atoms with Gasteiger partial charge in [-0.05, 0) is 27.7 Å². The third-order valence-corrected chi connectivity index (χ3v) is 0. The zero-order valence-corrected chi connectivity index (χ0v) is 16.6. The number of carbonyl (C=O) groups is 4. The molecule has 98 valence electrons. The topological polar surface area (TPSA) is 161 Å². The zero-order chi connectivity index (χ0) is 14.3. The molecule has 0 fully saturated rings. The molecule has 0 bridgehead atoms. The molecule has 0 saturated carbocycles. The van der Waals surface area contributed by atoms with E-state index in [1.807, 2.05) is 0 Å².